The molecule has 2 heterocycles. The number of fused-ring (bicyclic) bond motifs is 2. The first-order valence-electron chi connectivity index (χ1n) is 17.0. The fourth-order valence-corrected chi connectivity index (χ4v) is 6.28. The molecule has 6 aromatic carbocycles. The Labute approximate surface area is 316 Å². The fraction of sp³-hybridized carbons (Fsp3) is 0. The third-order valence-electron chi connectivity index (χ3n) is 9.01. The van der Waals surface area contributed by atoms with E-state index in [9.17, 15) is 24.0 Å². The smallest absolute Gasteiger partial charge is 0.266 e. The standard InChI is InChI=1S/C47H25N3O5/c1-2-30-17-21-36(22-18-30)48-43(51)35-27-37(49-44(52)39-23-19-33(25-41(39)46(49)54)15-13-31-9-5-3-6-10-31)29-38(28-35)50-45(53)40-24-20-34(26-42(40)47(50)55)16-14-32-11-7-4-8-12-32/h1,3-12,17-29H,(H,48,51). The van der Waals surface area contributed by atoms with Gasteiger partial charge in [0.15, 0.2) is 0 Å². The van der Waals surface area contributed by atoms with Gasteiger partial charge in [-0.3, -0.25) is 24.0 Å². The van der Waals surface area contributed by atoms with Crippen LogP contribution in [-0.4, -0.2) is 29.5 Å². The van der Waals surface area contributed by atoms with Gasteiger partial charge in [-0.05, 0) is 103 Å². The van der Waals surface area contributed by atoms with Gasteiger partial charge >= 0.3 is 0 Å². The number of benzene rings is 6. The molecule has 8 heteroatoms. The molecule has 55 heavy (non-hydrogen) atoms. The molecule has 0 fully saturated rings. The van der Waals surface area contributed by atoms with Crippen LogP contribution in [0.2, 0.25) is 0 Å². The number of imide groups is 2. The zero-order valence-corrected chi connectivity index (χ0v) is 28.8. The molecule has 2 aliphatic rings. The molecule has 1 N–H and O–H groups in total. The van der Waals surface area contributed by atoms with E-state index in [1.807, 2.05) is 60.7 Å². The number of carbonyl (C=O) groups is 5. The second-order valence-electron chi connectivity index (χ2n) is 12.6. The van der Waals surface area contributed by atoms with Gasteiger partial charge in [-0.1, -0.05) is 66.0 Å². The van der Waals surface area contributed by atoms with Crippen LogP contribution in [0, 0.1) is 36.0 Å². The molecule has 8 nitrogen and oxygen atoms in total. The molecular weight excluding hydrogens is 687 g/mol. The normalized spacial score (nSPS) is 12.6. The van der Waals surface area contributed by atoms with Gasteiger partial charge in [0, 0.05) is 39.1 Å². The SMILES string of the molecule is C#Cc1ccc(NC(=O)c2cc(N3C(=O)c4ccc(C#Cc5ccccc5)cc4C3=O)cc(N3C(=O)c4ccc(C#Cc5ccccc5)cc4C3=O)c2)cc1. The van der Waals surface area contributed by atoms with Crippen molar-refractivity contribution in [2.75, 3.05) is 15.1 Å². The van der Waals surface area contributed by atoms with E-state index < -0.39 is 29.5 Å². The molecule has 0 saturated carbocycles. The maximum Gasteiger partial charge on any atom is 0.266 e. The predicted octanol–water partition coefficient (Wildman–Crippen LogP) is 7.32. The van der Waals surface area contributed by atoms with Crippen LogP contribution in [0.15, 0.2) is 140 Å². The summed E-state index contributed by atoms with van der Waals surface area (Å²) in [4.78, 5) is 71.3. The van der Waals surface area contributed by atoms with E-state index in [1.54, 1.807) is 48.5 Å². The van der Waals surface area contributed by atoms with Crippen molar-refractivity contribution in [1.82, 2.24) is 0 Å². The lowest BCUT2D eigenvalue weighted by Crippen LogP contribution is -2.32. The Hall–Kier alpha value is -8.25. The Morgan fingerprint density at radius 3 is 1.33 bits per heavy atom. The van der Waals surface area contributed by atoms with E-state index >= 15 is 0 Å². The molecule has 0 atom stereocenters. The highest BCUT2D eigenvalue weighted by Crippen LogP contribution is 2.36. The third kappa shape index (κ3) is 6.54. The summed E-state index contributed by atoms with van der Waals surface area (Å²) < 4.78 is 0. The average molecular weight is 712 g/mol. The van der Waals surface area contributed by atoms with Gasteiger partial charge in [-0.2, -0.15) is 0 Å². The number of terminal acetylenes is 1. The number of hydrogen-bond donors (Lipinski definition) is 1. The number of carbonyl (C=O) groups excluding carboxylic acids is 5. The number of hydrogen-bond acceptors (Lipinski definition) is 5. The molecule has 2 aliphatic heterocycles. The molecule has 0 unspecified atom stereocenters. The Kier molecular flexibility index (Phi) is 8.65. The lowest BCUT2D eigenvalue weighted by molar-refractivity contribution is 0.0912. The van der Waals surface area contributed by atoms with Crippen LogP contribution >= 0.6 is 0 Å². The number of rotatable bonds is 4. The van der Waals surface area contributed by atoms with Crippen LogP contribution < -0.4 is 15.1 Å². The van der Waals surface area contributed by atoms with Crippen LogP contribution in [0.25, 0.3) is 0 Å². The van der Waals surface area contributed by atoms with E-state index in [4.69, 9.17) is 6.42 Å². The van der Waals surface area contributed by atoms with Crippen molar-refractivity contribution in [2.24, 2.45) is 0 Å². The summed E-state index contributed by atoms with van der Waals surface area (Å²) in [6, 6.07) is 38.8. The molecule has 5 amide bonds. The van der Waals surface area contributed by atoms with Gasteiger partial charge < -0.3 is 5.32 Å². The summed E-state index contributed by atoms with van der Waals surface area (Å²) in [5, 5.41) is 2.78. The molecule has 0 bridgehead atoms. The van der Waals surface area contributed by atoms with Crippen molar-refractivity contribution >= 4 is 46.6 Å². The van der Waals surface area contributed by atoms with Crippen LogP contribution in [0.5, 0.6) is 0 Å². The number of nitrogens with one attached hydrogen (secondary N) is 1. The molecule has 0 radical (unpaired) electrons. The Morgan fingerprint density at radius 1 is 0.455 bits per heavy atom. The first-order chi connectivity index (χ1) is 26.8. The van der Waals surface area contributed by atoms with Crippen molar-refractivity contribution in [2.45, 2.75) is 0 Å². The van der Waals surface area contributed by atoms with E-state index in [2.05, 4.69) is 34.9 Å². The van der Waals surface area contributed by atoms with E-state index in [1.165, 1.54) is 30.3 Å². The van der Waals surface area contributed by atoms with Crippen LogP contribution in [0.1, 0.15) is 79.6 Å². The highest BCUT2D eigenvalue weighted by molar-refractivity contribution is 6.36. The predicted molar refractivity (Wildman–Crippen MR) is 209 cm³/mol. The average Bonchev–Trinajstić information content (AvgIpc) is 3.62. The molecule has 258 valence electrons. The summed E-state index contributed by atoms with van der Waals surface area (Å²) in [7, 11) is 0. The largest absolute Gasteiger partial charge is 0.322 e. The minimum Gasteiger partial charge on any atom is -0.322 e. The first kappa shape index (κ1) is 33.9. The Morgan fingerprint density at radius 2 is 0.873 bits per heavy atom. The van der Waals surface area contributed by atoms with Gasteiger partial charge in [0.05, 0.1) is 33.6 Å². The van der Waals surface area contributed by atoms with Gasteiger partial charge in [-0.15, -0.1) is 6.42 Å². The van der Waals surface area contributed by atoms with Gasteiger partial charge in [-0.25, -0.2) is 9.80 Å². The minimum atomic E-state index is -0.652. The summed E-state index contributed by atoms with van der Waals surface area (Å²) in [6.07, 6.45) is 5.48. The summed E-state index contributed by atoms with van der Waals surface area (Å²) in [5.41, 5.74) is 4.13. The number of amides is 5. The zero-order valence-electron chi connectivity index (χ0n) is 28.8. The van der Waals surface area contributed by atoms with Crippen LogP contribution in [0.3, 0.4) is 0 Å². The van der Waals surface area contributed by atoms with E-state index in [-0.39, 0.29) is 39.2 Å². The van der Waals surface area contributed by atoms with Crippen LogP contribution in [-0.2, 0) is 0 Å². The summed E-state index contributed by atoms with van der Waals surface area (Å²) >= 11 is 0. The van der Waals surface area contributed by atoms with Crippen molar-refractivity contribution in [3.63, 3.8) is 0 Å². The lowest BCUT2D eigenvalue weighted by atomic mass is 10.1. The highest BCUT2D eigenvalue weighted by atomic mass is 16.2. The molecule has 6 aromatic rings. The van der Waals surface area contributed by atoms with Gasteiger partial charge in [0.1, 0.15) is 0 Å². The van der Waals surface area contributed by atoms with Crippen molar-refractivity contribution in [3.05, 3.63) is 195 Å². The molecular formula is C47H25N3O5. The minimum absolute atomic E-state index is 0.0144. The van der Waals surface area contributed by atoms with Gasteiger partial charge in [0.25, 0.3) is 29.5 Å². The molecule has 0 aliphatic carbocycles. The highest BCUT2D eigenvalue weighted by Gasteiger charge is 2.40. The molecule has 0 spiro atoms. The Bertz CT molecular complexity index is 2640. The van der Waals surface area contributed by atoms with Crippen molar-refractivity contribution in [3.8, 4) is 36.0 Å². The lowest BCUT2D eigenvalue weighted by Gasteiger charge is -2.20. The zero-order chi connectivity index (χ0) is 38.1. The van der Waals surface area contributed by atoms with Crippen molar-refractivity contribution < 1.29 is 24.0 Å². The van der Waals surface area contributed by atoms with E-state index in [0.29, 0.717) is 22.4 Å². The number of nitrogens with zero attached hydrogens (tertiary/aromatic N) is 2. The first-order valence-corrected chi connectivity index (χ1v) is 17.0. The molecule has 8 rings (SSSR count). The molecule has 0 saturated heterocycles. The van der Waals surface area contributed by atoms with E-state index in [0.717, 1.165) is 20.9 Å². The second kappa shape index (κ2) is 14.1. The Balaban J connectivity index is 1.17. The molecule has 0 aromatic heterocycles. The quantitative estimate of drug-likeness (QED) is 0.153. The summed E-state index contributed by atoms with van der Waals surface area (Å²) in [5.74, 6) is 11.5. The van der Waals surface area contributed by atoms with Crippen molar-refractivity contribution in [1.29, 1.82) is 0 Å². The maximum atomic E-state index is 14.0. The van der Waals surface area contributed by atoms with Crippen LogP contribution in [0.4, 0.5) is 17.1 Å². The maximum absolute atomic E-state index is 14.0. The third-order valence-corrected chi connectivity index (χ3v) is 9.01. The second-order valence-corrected chi connectivity index (χ2v) is 12.6. The van der Waals surface area contributed by atoms with Gasteiger partial charge in [0.2, 0.25) is 0 Å². The summed E-state index contributed by atoms with van der Waals surface area (Å²) in [6.45, 7) is 0. The topological polar surface area (TPSA) is 104 Å². The number of anilines is 3. The fourth-order valence-electron chi connectivity index (χ4n) is 6.28. The monoisotopic (exact) mass is 711 g/mol.